The summed E-state index contributed by atoms with van der Waals surface area (Å²) in [6.45, 7) is 4.00. The summed E-state index contributed by atoms with van der Waals surface area (Å²) in [6, 6.07) is 53.4. The standard InChI is InChI=1S/C42H27N3S.C2H6/c1-3-12-28(13-4-1)36-27-37(44-42(43-36)30-15-5-2-6-16-30)31-17-11-18-33(24-31)45-38-20-9-8-19-34(38)35-26-41-32(25-39(35)45)23-22-29-14-7-10-21-40(29)46-41;1-2/h1-27H;1-2H3. The SMILES string of the molecule is C1=Cc2cc3c(cc2Sc2ccccc21)c1ccccc1n3-c1cccc(-c2cc(-c3ccccc3)nc(-c3ccccc3)n2)c1.CC. The molecule has 0 spiro atoms. The van der Waals surface area contributed by atoms with Gasteiger partial charge in [0, 0.05) is 42.9 Å². The minimum absolute atomic E-state index is 0.715. The monoisotopic (exact) mass is 635 g/mol. The highest BCUT2D eigenvalue weighted by Gasteiger charge is 2.18. The van der Waals surface area contributed by atoms with E-state index in [-0.39, 0.29) is 0 Å². The molecule has 3 nitrogen and oxygen atoms in total. The summed E-state index contributed by atoms with van der Waals surface area (Å²) >= 11 is 1.84. The van der Waals surface area contributed by atoms with Crippen LogP contribution >= 0.6 is 11.8 Å². The fourth-order valence-corrected chi connectivity index (χ4v) is 7.45. The summed E-state index contributed by atoms with van der Waals surface area (Å²) in [5.74, 6) is 0.715. The molecule has 1 aliphatic heterocycles. The molecule has 0 N–H and O–H groups in total. The van der Waals surface area contributed by atoms with E-state index in [1.807, 2.05) is 49.9 Å². The van der Waals surface area contributed by atoms with E-state index in [9.17, 15) is 0 Å². The van der Waals surface area contributed by atoms with Gasteiger partial charge in [-0.25, -0.2) is 9.97 Å². The second kappa shape index (κ2) is 12.8. The lowest BCUT2D eigenvalue weighted by Crippen LogP contribution is -1.98. The van der Waals surface area contributed by atoms with Crippen LogP contribution in [0.5, 0.6) is 0 Å². The molecular formula is C44H33N3S. The number of para-hydroxylation sites is 1. The lowest BCUT2D eigenvalue weighted by molar-refractivity contribution is 1.16. The van der Waals surface area contributed by atoms with Gasteiger partial charge in [0.05, 0.1) is 22.4 Å². The first-order chi connectivity index (χ1) is 23.8. The van der Waals surface area contributed by atoms with E-state index in [0.29, 0.717) is 5.82 Å². The lowest BCUT2D eigenvalue weighted by Gasteiger charge is -2.13. The van der Waals surface area contributed by atoms with Crippen molar-refractivity contribution in [1.29, 1.82) is 0 Å². The first kappa shape index (κ1) is 29.7. The number of rotatable bonds is 4. The van der Waals surface area contributed by atoms with Crippen LogP contribution in [0.4, 0.5) is 0 Å². The van der Waals surface area contributed by atoms with Crippen molar-refractivity contribution in [2.24, 2.45) is 0 Å². The Balaban J connectivity index is 0.00000165. The third kappa shape index (κ3) is 5.40. The van der Waals surface area contributed by atoms with Crippen LogP contribution in [-0.2, 0) is 0 Å². The Labute approximate surface area is 285 Å². The highest BCUT2D eigenvalue weighted by molar-refractivity contribution is 7.99. The van der Waals surface area contributed by atoms with Crippen molar-refractivity contribution < 1.29 is 0 Å². The van der Waals surface area contributed by atoms with Gasteiger partial charge in [-0.2, -0.15) is 0 Å². The molecule has 0 saturated heterocycles. The smallest absolute Gasteiger partial charge is 0.160 e. The largest absolute Gasteiger partial charge is 0.309 e. The second-order valence-corrected chi connectivity index (χ2v) is 12.6. The van der Waals surface area contributed by atoms with Crippen LogP contribution in [0, 0.1) is 0 Å². The Morgan fingerprint density at radius 1 is 0.458 bits per heavy atom. The minimum Gasteiger partial charge on any atom is -0.309 e. The third-order valence-electron chi connectivity index (χ3n) is 8.61. The Bertz CT molecular complexity index is 2380. The molecule has 1 aliphatic rings. The van der Waals surface area contributed by atoms with E-state index in [2.05, 4.69) is 144 Å². The summed E-state index contributed by atoms with van der Waals surface area (Å²) in [7, 11) is 0. The Kier molecular flexibility index (Phi) is 7.93. The van der Waals surface area contributed by atoms with Crippen molar-refractivity contribution in [2.45, 2.75) is 23.6 Å². The maximum Gasteiger partial charge on any atom is 0.160 e. The van der Waals surface area contributed by atoms with Gasteiger partial charge in [0.25, 0.3) is 0 Å². The highest BCUT2D eigenvalue weighted by Crippen LogP contribution is 2.42. The maximum absolute atomic E-state index is 5.10. The van der Waals surface area contributed by atoms with Crippen molar-refractivity contribution in [1.82, 2.24) is 14.5 Å². The highest BCUT2D eigenvalue weighted by atomic mass is 32.2. The average Bonchev–Trinajstić information content (AvgIpc) is 3.36. The fourth-order valence-electron chi connectivity index (χ4n) is 6.39. The Morgan fingerprint density at radius 3 is 1.92 bits per heavy atom. The molecule has 0 atom stereocenters. The van der Waals surface area contributed by atoms with Crippen LogP contribution in [0.1, 0.15) is 25.0 Å². The molecule has 8 aromatic rings. The first-order valence-electron chi connectivity index (χ1n) is 16.4. The van der Waals surface area contributed by atoms with Gasteiger partial charge in [0.2, 0.25) is 0 Å². The topological polar surface area (TPSA) is 30.7 Å². The number of hydrogen-bond acceptors (Lipinski definition) is 3. The molecule has 9 rings (SSSR count). The zero-order valence-corrected chi connectivity index (χ0v) is 27.7. The van der Waals surface area contributed by atoms with E-state index >= 15 is 0 Å². The van der Waals surface area contributed by atoms with E-state index in [4.69, 9.17) is 9.97 Å². The van der Waals surface area contributed by atoms with Crippen LogP contribution < -0.4 is 0 Å². The molecule has 0 fully saturated rings. The molecule has 2 aromatic heterocycles. The summed E-state index contributed by atoms with van der Waals surface area (Å²) in [5.41, 5.74) is 10.8. The van der Waals surface area contributed by atoms with Crippen molar-refractivity contribution >= 4 is 45.7 Å². The van der Waals surface area contributed by atoms with E-state index in [1.165, 1.54) is 42.7 Å². The van der Waals surface area contributed by atoms with Gasteiger partial charge in [-0.15, -0.1) is 0 Å². The molecule has 3 heterocycles. The summed E-state index contributed by atoms with van der Waals surface area (Å²) < 4.78 is 2.39. The average molecular weight is 636 g/mol. The number of fused-ring (bicyclic) bond motifs is 5. The Hall–Kier alpha value is -5.71. The zero-order valence-electron chi connectivity index (χ0n) is 26.8. The van der Waals surface area contributed by atoms with Crippen LogP contribution in [0.15, 0.2) is 161 Å². The predicted molar refractivity (Wildman–Crippen MR) is 204 cm³/mol. The van der Waals surface area contributed by atoms with Crippen LogP contribution in [0.3, 0.4) is 0 Å². The number of benzene rings is 6. The molecule has 48 heavy (non-hydrogen) atoms. The normalized spacial score (nSPS) is 11.8. The van der Waals surface area contributed by atoms with E-state index in [1.54, 1.807) is 0 Å². The van der Waals surface area contributed by atoms with Crippen LogP contribution in [-0.4, -0.2) is 14.5 Å². The number of aromatic nitrogens is 3. The van der Waals surface area contributed by atoms with Gasteiger partial charge in [0.1, 0.15) is 0 Å². The van der Waals surface area contributed by atoms with E-state index < -0.39 is 0 Å². The second-order valence-electron chi connectivity index (χ2n) is 11.5. The molecule has 0 radical (unpaired) electrons. The molecule has 230 valence electrons. The zero-order chi connectivity index (χ0) is 32.5. The molecule has 4 heteroatoms. The molecular weight excluding hydrogens is 603 g/mol. The molecule has 0 aliphatic carbocycles. The summed E-state index contributed by atoms with van der Waals surface area (Å²) in [5, 5.41) is 2.49. The molecule has 0 amide bonds. The van der Waals surface area contributed by atoms with Crippen LogP contribution in [0.2, 0.25) is 0 Å². The van der Waals surface area contributed by atoms with Gasteiger partial charge in [0.15, 0.2) is 5.82 Å². The number of hydrogen-bond donors (Lipinski definition) is 0. The van der Waals surface area contributed by atoms with Crippen LogP contribution in [0.25, 0.3) is 73.5 Å². The first-order valence-corrected chi connectivity index (χ1v) is 17.2. The third-order valence-corrected chi connectivity index (χ3v) is 9.78. The minimum atomic E-state index is 0.715. The predicted octanol–water partition coefficient (Wildman–Crippen LogP) is 12.2. The quantitative estimate of drug-likeness (QED) is 0.193. The number of nitrogens with zero attached hydrogens (tertiary/aromatic N) is 3. The van der Waals surface area contributed by atoms with Gasteiger partial charge < -0.3 is 4.57 Å². The summed E-state index contributed by atoms with van der Waals surface area (Å²) in [6.07, 6.45) is 4.49. The van der Waals surface area contributed by atoms with Crippen molar-refractivity contribution in [3.8, 4) is 39.6 Å². The maximum atomic E-state index is 5.10. The molecule has 0 bridgehead atoms. The van der Waals surface area contributed by atoms with Crippen molar-refractivity contribution in [2.75, 3.05) is 0 Å². The lowest BCUT2D eigenvalue weighted by atomic mass is 10.1. The summed E-state index contributed by atoms with van der Waals surface area (Å²) in [4.78, 5) is 12.6. The molecule has 0 saturated carbocycles. The molecule has 0 unspecified atom stereocenters. The Morgan fingerprint density at radius 2 is 1.10 bits per heavy atom. The van der Waals surface area contributed by atoms with Gasteiger partial charge >= 0.3 is 0 Å². The van der Waals surface area contributed by atoms with Crippen molar-refractivity contribution in [3.05, 3.63) is 163 Å². The van der Waals surface area contributed by atoms with Crippen molar-refractivity contribution in [3.63, 3.8) is 0 Å². The van der Waals surface area contributed by atoms with Gasteiger partial charge in [-0.3, -0.25) is 0 Å². The molecule has 6 aromatic carbocycles. The van der Waals surface area contributed by atoms with E-state index in [0.717, 1.165) is 33.8 Å². The fraction of sp³-hybridized carbons (Fsp3) is 0.0455. The van der Waals surface area contributed by atoms with Gasteiger partial charge in [-0.05, 0) is 53.6 Å². The van der Waals surface area contributed by atoms with Gasteiger partial charge in [-0.1, -0.05) is 147 Å².